The van der Waals surface area contributed by atoms with Gasteiger partial charge in [-0.25, -0.2) is 4.98 Å². The highest BCUT2D eigenvalue weighted by molar-refractivity contribution is 5.96. The fourth-order valence-electron chi connectivity index (χ4n) is 2.54. The van der Waals surface area contributed by atoms with Crippen molar-refractivity contribution >= 4 is 18.2 Å². The van der Waals surface area contributed by atoms with Crippen molar-refractivity contribution in [3.05, 3.63) is 29.6 Å². The average molecular weight is 318 g/mol. The zero-order valence-corrected chi connectivity index (χ0v) is 13.6. The van der Waals surface area contributed by atoms with Crippen LogP contribution in [0.4, 0.5) is 0 Å². The lowest BCUT2D eigenvalue weighted by Gasteiger charge is -2.32. The fourth-order valence-corrected chi connectivity index (χ4v) is 2.54. The van der Waals surface area contributed by atoms with Gasteiger partial charge >= 0.3 is 0 Å². The zero-order valence-electron chi connectivity index (χ0n) is 13.6. The van der Waals surface area contributed by atoms with E-state index < -0.39 is 0 Å². The first-order valence-corrected chi connectivity index (χ1v) is 7.85. The Balaban J connectivity index is 2.11. The van der Waals surface area contributed by atoms with Gasteiger partial charge in [-0.05, 0) is 26.0 Å². The largest absolute Gasteiger partial charge is 0.342 e. The fraction of sp³-hybridized carbons (Fsp3) is 0.500. The van der Waals surface area contributed by atoms with E-state index in [9.17, 15) is 14.4 Å². The Morgan fingerprint density at radius 1 is 1.13 bits per heavy atom. The van der Waals surface area contributed by atoms with Gasteiger partial charge in [0.2, 0.25) is 6.41 Å². The SMILES string of the molecule is CCN(CC)C(=O)c1cccc(C(=O)N2CCN(C=O)CC2)n1. The first kappa shape index (κ1) is 16.9. The van der Waals surface area contributed by atoms with Crippen LogP contribution >= 0.6 is 0 Å². The molecule has 1 fully saturated rings. The van der Waals surface area contributed by atoms with E-state index >= 15 is 0 Å². The Morgan fingerprint density at radius 3 is 2.30 bits per heavy atom. The molecule has 0 saturated carbocycles. The summed E-state index contributed by atoms with van der Waals surface area (Å²) in [5.41, 5.74) is 0.550. The Kier molecular flexibility index (Phi) is 5.67. The van der Waals surface area contributed by atoms with Gasteiger partial charge in [0.15, 0.2) is 0 Å². The predicted octanol–water partition coefficient (Wildman–Crippen LogP) is 0.478. The Morgan fingerprint density at radius 2 is 1.74 bits per heavy atom. The summed E-state index contributed by atoms with van der Waals surface area (Å²) < 4.78 is 0. The van der Waals surface area contributed by atoms with Crippen molar-refractivity contribution in [3.8, 4) is 0 Å². The van der Waals surface area contributed by atoms with Crippen molar-refractivity contribution in [3.63, 3.8) is 0 Å². The second-order valence-corrected chi connectivity index (χ2v) is 5.32. The molecule has 1 aromatic rings. The van der Waals surface area contributed by atoms with Crippen molar-refractivity contribution < 1.29 is 14.4 Å². The van der Waals surface area contributed by atoms with Crippen LogP contribution in [0.3, 0.4) is 0 Å². The van der Waals surface area contributed by atoms with E-state index in [0.717, 1.165) is 6.41 Å². The maximum absolute atomic E-state index is 12.5. The van der Waals surface area contributed by atoms with Gasteiger partial charge < -0.3 is 14.7 Å². The lowest BCUT2D eigenvalue weighted by Crippen LogP contribution is -2.48. The highest BCUT2D eigenvalue weighted by atomic mass is 16.2. The standard InChI is InChI=1S/C16H22N4O3/c1-3-19(4-2)15(22)13-6-5-7-14(17-13)16(23)20-10-8-18(12-21)9-11-20/h5-7,12H,3-4,8-11H2,1-2H3. The van der Waals surface area contributed by atoms with Crippen LogP contribution in [-0.4, -0.2) is 77.2 Å². The summed E-state index contributed by atoms with van der Waals surface area (Å²) in [7, 11) is 0. The van der Waals surface area contributed by atoms with Crippen molar-refractivity contribution in [1.82, 2.24) is 19.7 Å². The van der Waals surface area contributed by atoms with Gasteiger partial charge in [0.1, 0.15) is 11.4 Å². The molecule has 3 amide bonds. The summed E-state index contributed by atoms with van der Waals surface area (Å²) in [4.78, 5) is 44.8. The topological polar surface area (TPSA) is 73.8 Å². The molecule has 0 aromatic carbocycles. The minimum Gasteiger partial charge on any atom is -0.342 e. The monoisotopic (exact) mass is 318 g/mol. The van der Waals surface area contributed by atoms with Crippen LogP contribution in [0.25, 0.3) is 0 Å². The van der Waals surface area contributed by atoms with Crippen molar-refractivity contribution in [2.24, 2.45) is 0 Å². The molecule has 2 rings (SSSR count). The normalized spacial score (nSPS) is 14.5. The quantitative estimate of drug-likeness (QED) is 0.740. The van der Waals surface area contributed by atoms with E-state index in [1.165, 1.54) is 0 Å². The molecule has 0 atom stereocenters. The van der Waals surface area contributed by atoms with E-state index in [1.54, 1.807) is 32.9 Å². The lowest BCUT2D eigenvalue weighted by atomic mass is 10.2. The van der Waals surface area contributed by atoms with Gasteiger partial charge in [0.05, 0.1) is 0 Å². The third-order valence-corrected chi connectivity index (χ3v) is 3.99. The summed E-state index contributed by atoms with van der Waals surface area (Å²) in [6.07, 6.45) is 0.795. The van der Waals surface area contributed by atoms with Gasteiger partial charge in [-0.15, -0.1) is 0 Å². The minimum atomic E-state index is -0.204. The number of hydrogen-bond donors (Lipinski definition) is 0. The molecule has 7 nitrogen and oxygen atoms in total. The van der Waals surface area contributed by atoms with Crippen molar-refractivity contribution in [1.29, 1.82) is 0 Å². The van der Waals surface area contributed by atoms with Crippen LogP contribution in [0.2, 0.25) is 0 Å². The summed E-state index contributed by atoms with van der Waals surface area (Å²) in [6, 6.07) is 4.92. The Hall–Kier alpha value is -2.44. The summed E-state index contributed by atoms with van der Waals surface area (Å²) >= 11 is 0. The van der Waals surface area contributed by atoms with Crippen molar-refractivity contribution in [2.45, 2.75) is 13.8 Å². The Labute approximate surface area is 135 Å². The molecule has 0 N–H and O–H groups in total. The number of hydrogen-bond acceptors (Lipinski definition) is 4. The maximum Gasteiger partial charge on any atom is 0.272 e. The zero-order chi connectivity index (χ0) is 16.8. The molecule has 0 unspecified atom stereocenters. The highest BCUT2D eigenvalue weighted by Crippen LogP contribution is 2.09. The molecule has 1 saturated heterocycles. The molecule has 0 aliphatic carbocycles. The van der Waals surface area contributed by atoms with E-state index in [1.807, 2.05) is 13.8 Å². The molecule has 0 radical (unpaired) electrons. The predicted molar refractivity (Wildman–Crippen MR) is 85.0 cm³/mol. The molecule has 7 heteroatoms. The highest BCUT2D eigenvalue weighted by Gasteiger charge is 2.23. The lowest BCUT2D eigenvalue weighted by molar-refractivity contribution is -0.119. The number of rotatable bonds is 5. The molecule has 1 aromatic heterocycles. The first-order chi connectivity index (χ1) is 11.1. The summed E-state index contributed by atoms with van der Waals surface area (Å²) in [5, 5.41) is 0. The summed E-state index contributed by atoms with van der Waals surface area (Å²) in [6.45, 7) is 7.01. The van der Waals surface area contributed by atoms with Crippen molar-refractivity contribution in [2.75, 3.05) is 39.3 Å². The number of amides is 3. The molecule has 124 valence electrons. The smallest absolute Gasteiger partial charge is 0.272 e. The van der Waals surface area contributed by atoms with Gasteiger partial charge in [-0.3, -0.25) is 14.4 Å². The van der Waals surface area contributed by atoms with Crippen LogP contribution in [0.1, 0.15) is 34.8 Å². The molecular weight excluding hydrogens is 296 g/mol. The molecule has 1 aliphatic heterocycles. The second-order valence-electron chi connectivity index (χ2n) is 5.32. The number of nitrogens with zero attached hydrogens (tertiary/aromatic N) is 4. The van der Waals surface area contributed by atoms with Crippen LogP contribution in [0, 0.1) is 0 Å². The van der Waals surface area contributed by atoms with E-state index in [4.69, 9.17) is 0 Å². The third kappa shape index (κ3) is 3.85. The van der Waals surface area contributed by atoms with E-state index in [2.05, 4.69) is 4.98 Å². The second kappa shape index (κ2) is 7.71. The Bertz CT molecular complexity index is 578. The number of aromatic nitrogens is 1. The van der Waals surface area contributed by atoms with Gasteiger partial charge in [0.25, 0.3) is 11.8 Å². The van der Waals surface area contributed by atoms with E-state index in [0.29, 0.717) is 39.3 Å². The van der Waals surface area contributed by atoms with Crippen LogP contribution in [-0.2, 0) is 4.79 Å². The summed E-state index contributed by atoms with van der Waals surface area (Å²) in [5.74, 6) is -0.375. The third-order valence-electron chi connectivity index (χ3n) is 3.99. The van der Waals surface area contributed by atoms with Crippen LogP contribution in [0.15, 0.2) is 18.2 Å². The molecule has 2 heterocycles. The number of piperazine rings is 1. The molecule has 23 heavy (non-hydrogen) atoms. The molecule has 1 aliphatic rings. The number of pyridine rings is 1. The minimum absolute atomic E-state index is 0.171. The van der Waals surface area contributed by atoms with Crippen LogP contribution in [0.5, 0.6) is 0 Å². The molecule has 0 bridgehead atoms. The van der Waals surface area contributed by atoms with E-state index in [-0.39, 0.29) is 23.2 Å². The maximum atomic E-state index is 12.5. The molecule has 0 spiro atoms. The van der Waals surface area contributed by atoms with Crippen LogP contribution < -0.4 is 0 Å². The average Bonchev–Trinajstić information content (AvgIpc) is 2.62. The first-order valence-electron chi connectivity index (χ1n) is 7.85. The number of carbonyl (C=O) groups excluding carboxylic acids is 3. The molecular formula is C16H22N4O3. The number of carbonyl (C=O) groups is 3. The van der Waals surface area contributed by atoms with Gasteiger partial charge in [0, 0.05) is 39.3 Å². The van der Waals surface area contributed by atoms with Gasteiger partial charge in [-0.2, -0.15) is 0 Å². The van der Waals surface area contributed by atoms with Gasteiger partial charge in [-0.1, -0.05) is 6.07 Å².